The molecule has 178 valence electrons. The summed E-state index contributed by atoms with van der Waals surface area (Å²) in [6.45, 7) is 2.86. The Morgan fingerprint density at radius 3 is 2.15 bits per heavy atom. The van der Waals surface area contributed by atoms with Crippen molar-refractivity contribution in [1.82, 2.24) is 25.9 Å². The first-order chi connectivity index (χ1) is 15.6. The molecule has 0 radical (unpaired) electrons. The Balaban J connectivity index is 2.05. The fourth-order valence-electron chi connectivity index (χ4n) is 2.87. The molecule has 0 bridgehead atoms. The number of rotatable bonds is 11. The summed E-state index contributed by atoms with van der Waals surface area (Å²) in [5.41, 5.74) is 6.76. The van der Waals surface area contributed by atoms with E-state index in [0.29, 0.717) is 11.3 Å². The van der Waals surface area contributed by atoms with E-state index in [4.69, 9.17) is 5.73 Å². The van der Waals surface area contributed by atoms with Gasteiger partial charge in [0.2, 0.25) is 17.7 Å². The highest BCUT2D eigenvalue weighted by Gasteiger charge is 2.28. The van der Waals surface area contributed by atoms with E-state index < -0.39 is 47.9 Å². The molecule has 3 amide bonds. The molecular formula is C21H28N6O6. The number of phenols is 1. The van der Waals surface area contributed by atoms with Crippen LogP contribution < -0.4 is 21.7 Å². The summed E-state index contributed by atoms with van der Waals surface area (Å²) in [5.74, 6) is -3.12. The zero-order valence-corrected chi connectivity index (χ0v) is 18.2. The van der Waals surface area contributed by atoms with Crippen LogP contribution in [0.5, 0.6) is 5.75 Å². The van der Waals surface area contributed by atoms with Crippen LogP contribution in [0.15, 0.2) is 36.8 Å². The molecule has 1 aromatic heterocycles. The summed E-state index contributed by atoms with van der Waals surface area (Å²) in [4.78, 5) is 55.5. The third-order valence-corrected chi connectivity index (χ3v) is 4.77. The number of nitrogens with two attached hydrogens (primary N) is 1. The quantitative estimate of drug-likeness (QED) is 0.217. The van der Waals surface area contributed by atoms with Gasteiger partial charge in [0.05, 0.1) is 12.4 Å². The summed E-state index contributed by atoms with van der Waals surface area (Å²) < 4.78 is 0. The first-order valence-electron chi connectivity index (χ1n) is 10.2. The van der Waals surface area contributed by atoms with Gasteiger partial charge < -0.3 is 36.9 Å². The average molecular weight is 460 g/mol. The van der Waals surface area contributed by atoms with Crippen LogP contribution in [0.2, 0.25) is 0 Å². The molecule has 1 heterocycles. The lowest BCUT2D eigenvalue weighted by molar-refractivity contribution is -0.142. The van der Waals surface area contributed by atoms with E-state index in [1.807, 2.05) is 0 Å². The molecular weight excluding hydrogens is 432 g/mol. The summed E-state index contributed by atoms with van der Waals surface area (Å²) in [6.07, 6.45) is 2.90. The van der Waals surface area contributed by atoms with Gasteiger partial charge in [-0.1, -0.05) is 12.1 Å². The highest BCUT2D eigenvalue weighted by molar-refractivity contribution is 5.94. The van der Waals surface area contributed by atoms with Crippen LogP contribution in [-0.4, -0.2) is 68.0 Å². The highest BCUT2D eigenvalue weighted by atomic mass is 16.4. The fraction of sp³-hybridized carbons (Fsp3) is 0.381. The van der Waals surface area contributed by atoms with Gasteiger partial charge in [0.1, 0.15) is 23.9 Å². The van der Waals surface area contributed by atoms with Crippen molar-refractivity contribution in [2.24, 2.45) is 5.73 Å². The van der Waals surface area contributed by atoms with Crippen LogP contribution in [0.3, 0.4) is 0 Å². The van der Waals surface area contributed by atoms with Crippen LogP contribution in [0.4, 0.5) is 0 Å². The van der Waals surface area contributed by atoms with E-state index in [-0.39, 0.29) is 18.6 Å². The Labute approximate surface area is 190 Å². The van der Waals surface area contributed by atoms with E-state index >= 15 is 0 Å². The molecule has 1 aromatic carbocycles. The number of aromatic amines is 1. The lowest BCUT2D eigenvalue weighted by Crippen LogP contribution is -2.56. The van der Waals surface area contributed by atoms with Gasteiger partial charge in [0.15, 0.2) is 0 Å². The number of aromatic hydroxyl groups is 1. The van der Waals surface area contributed by atoms with Crippen molar-refractivity contribution >= 4 is 23.7 Å². The second-order valence-electron chi connectivity index (χ2n) is 7.63. The van der Waals surface area contributed by atoms with Gasteiger partial charge in [-0.05, 0) is 31.5 Å². The number of imidazole rings is 1. The molecule has 33 heavy (non-hydrogen) atoms. The minimum absolute atomic E-state index is 0.0182. The van der Waals surface area contributed by atoms with Crippen LogP contribution in [0.25, 0.3) is 0 Å². The summed E-state index contributed by atoms with van der Waals surface area (Å²) >= 11 is 0. The molecule has 0 fully saturated rings. The molecule has 2 aromatic rings. The number of carbonyl (C=O) groups is 4. The molecule has 0 saturated carbocycles. The van der Waals surface area contributed by atoms with E-state index in [1.165, 1.54) is 38.5 Å². The molecule has 0 saturated heterocycles. The number of nitrogens with zero attached hydrogens (tertiary/aromatic N) is 1. The summed E-state index contributed by atoms with van der Waals surface area (Å²) in [6, 6.07) is 1.84. The zero-order chi connectivity index (χ0) is 24.5. The number of carbonyl (C=O) groups excluding carboxylic acids is 3. The minimum atomic E-state index is -1.24. The number of aliphatic carboxylic acids is 1. The zero-order valence-electron chi connectivity index (χ0n) is 18.2. The maximum absolute atomic E-state index is 12.8. The van der Waals surface area contributed by atoms with E-state index in [0.717, 1.165) is 0 Å². The average Bonchev–Trinajstić information content (AvgIpc) is 3.27. The van der Waals surface area contributed by atoms with E-state index in [2.05, 4.69) is 25.9 Å². The SMILES string of the molecule is CC(N)C(=O)NC(Cc1ccc(O)cc1)C(=O)NC(C)C(=O)NC(Cc1cnc[nH]1)C(=O)O. The van der Waals surface area contributed by atoms with Crippen LogP contribution >= 0.6 is 0 Å². The predicted octanol–water partition coefficient (Wildman–Crippen LogP) is -1.19. The van der Waals surface area contributed by atoms with Crippen LogP contribution in [-0.2, 0) is 32.0 Å². The van der Waals surface area contributed by atoms with E-state index in [1.54, 1.807) is 12.1 Å². The van der Waals surface area contributed by atoms with Gasteiger partial charge in [0, 0.05) is 24.7 Å². The third-order valence-electron chi connectivity index (χ3n) is 4.77. The van der Waals surface area contributed by atoms with Crippen molar-refractivity contribution in [3.8, 4) is 5.75 Å². The lowest BCUT2D eigenvalue weighted by Gasteiger charge is -2.23. The smallest absolute Gasteiger partial charge is 0.326 e. The number of nitrogens with one attached hydrogen (secondary N) is 4. The molecule has 0 aliphatic heterocycles. The number of amides is 3. The van der Waals surface area contributed by atoms with Gasteiger partial charge in [-0.2, -0.15) is 0 Å². The van der Waals surface area contributed by atoms with Gasteiger partial charge >= 0.3 is 5.97 Å². The van der Waals surface area contributed by atoms with Gasteiger partial charge in [-0.25, -0.2) is 9.78 Å². The second-order valence-corrected chi connectivity index (χ2v) is 7.63. The van der Waals surface area contributed by atoms with Gasteiger partial charge in [-0.3, -0.25) is 14.4 Å². The van der Waals surface area contributed by atoms with Gasteiger partial charge in [0.25, 0.3) is 0 Å². The number of carboxylic acids is 1. The first kappa shape index (κ1) is 25.3. The van der Waals surface area contributed by atoms with Crippen molar-refractivity contribution in [2.45, 2.75) is 50.9 Å². The Kier molecular flexibility index (Phi) is 8.92. The Hall–Kier alpha value is -3.93. The van der Waals surface area contributed by atoms with Crippen molar-refractivity contribution in [3.05, 3.63) is 48.0 Å². The number of aromatic nitrogens is 2. The topological polar surface area (TPSA) is 200 Å². The molecule has 0 aliphatic rings. The molecule has 8 N–H and O–H groups in total. The molecule has 2 rings (SSSR count). The third kappa shape index (κ3) is 7.92. The van der Waals surface area contributed by atoms with Crippen LogP contribution in [0, 0.1) is 0 Å². The minimum Gasteiger partial charge on any atom is -0.508 e. The number of carboxylic acid groups (broad SMARTS) is 1. The summed E-state index contributed by atoms with van der Waals surface area (Å²) in [5, 5.41) is 26.2. The monoisotopic (exact) mass is 460 g/mol. The van der Waals surface area contributed by atoms with Crippen molar-refractivity contribution in [1.29, 1.82) is 0 Å². The molecule has 4 unspecified atom stereocenters. The Bertz CT molecular complexity index is 960. The fourth-order valence-corrected chi connectivity index (χ4v) is 2.87. The lowest BCUT2D eigenvalue weighted by atomic mass is 10.0. The maximum Gasteiger partial charge on any atom is 0.326 e. The predicted molar refractivity (Wildman–Crippen MR) is 117 cm³/mol. The number of H-pyrrole nitrogens is 1. The second kappa shape index (κ2) is 11.6. The standard InChI is InChI=1S/C21H28N6O6/c1-11(22)18(29)26-16(7-13-3-5-15(28)6-4-13)20(31)25-12(2)19(30)27-17(21(32)33)8-14-9-23-10-24-14/h3-6,9-12,16-17,28H,7-8,22H2,1-2H3,(H,23,24)(H,25,31)(H,26,29)(H,27,30)(H,32,33). The van der Waals surface area contributed by atoms with E-state index in [9.17, 15) is 29.4 Å². The first-order valence-corrected chi connectivity index (χ1v) is 10.2. The Morgan fingerprint density at radius 1 is 0.970 bits per heavy atom. The molecule has 0 aliphatic carbocycles. The van der Waals surface area contributed by atoms with Crippen LogP contribution in [0.1, 0.15) is 25.1 Å². The molecule has 0 spiro atoms. The molecule has 4 atom stereocenters. The normalized spacial score (nSPS) is 14.4. The van der Waals surface area contributed by atoms with Gasteiger partial charge in [-0.15, -0.1) is 0 Å². The molecule has 12 nitrogen and oxygen atoms in total. The number of phenolic OH excluding ortho intramolecular Hbond substituents is 1. The number of hydrogen-bond donors (Lipinski definition) is 7. The maximum atomic E-state index is 12.8. The van der Waals surface area contributed by atoms with Crippen molar-refractivity contribution in [2.75, 3.05) is 0 Å². The summed E-state index contributed by atoms with van der Waals surface area (Å²) in [7, 11) is 0. The largest absolute Gasteiger partial charge is 0.508 e. The van der Waals surface area contributed by atoms with Crippen molar-refractivity contribution in [3.63, 3.8) is 0 Å². The molecule has 12 heteroatoms. The number of benzene rings is 1. The Morgan fingerprint density at radius 2 is 1.61 bits per heavy atom. The number of hydrogen-bond acceptors (Lipinski definition) is 7. The highest BCUT2D eigenvalue weighted by Crippen LogP contribution is 2.12. The van der Waals surface area contributed by atoms with Crippen molar-refractivity contribution < 1.29 is 29.4 Å².